The predicted octanol–water partition coefficient (Wildman–Crippen LogP) is 4.91. The summed E-state index contributed by atoms with van der Waals surface area (Å²) in [6, 6.07) is 10.7. The summed E-state index contributed by atoms with van der Waals surface area (Å²) >= 11 is 12.0. The molecule has 0 aliphatic heterocycles. The second-order valence-corrected chi connectivity index (χ2v) is 10.4. The van der Waals surface area contributed by atoms with Crippen LogP contribution in [0.3, 0.4) is 0 Å². The molecule has 2 aromatic rings. The van der Waals surface area contributed by atoms with Gasteiger partial charge in [-0.1, -0.05) is 48.3 Å². The van der Waals surface area contributed by atoms with Crippen molar-refractivity contribution < 1.29 is 13.2 Å². The number of fused-ring (bicyclic) bond motifs is 1. The number of halogens is 2. The third-order valence-electron chi connectivity index (χ3n) is 5.34. The van der Waals surface area contributed by atoms with Gasteiger partial charge in [0.05, 0.1) is 18.0 Å². The minimum absolute atomic E-state index is 0.186. The lowest BCUT2D eigenvalue weighted by molar-refractivity contribution is -0.120. The number of aryl methyl sites for hydroxylation is 2. The average molecular weight is 469 g/mol. The van der Waals surface area contributed by atoms with Gasteiger partial charge < -0.3 is 5.32 Å². The van der Waals surface area contributed by atoms with Crippen LogP contribution in [0, 0.1) is 0 Å². The second kappa shape index (κ2) is 9.58. The Hall–Kier alpha value is -1.76. The van der Waals surface area contributed by atoms with Gasteiger partial charge in [-0.3, -0.25) is 9.10 Å². The molecule has 1 amide bonds. The fourth-order valence-corrected chi connectivity index (χ4v) is 5.20. The molecule has 3 rings (SSSR count). The largest absolute Gasteiger partial charge is 0.348 e. The van der Waals surface area contributed by atoms with Gasteiger partial charge >= 0.3 is 0 Å². The van der Waals surface area contributed by atoms with Crippen molar-refractivity contribution in [3.05, 3.63) is 63.1 Å². The minimum Gasteiger partial charge on any atom is -0.348 e. The topological polar surface area (TPSA) is 66.5 Å². The number of anilines is 1. The summed E-state index contributed by atoms with van der Waals surface area (Å²) in [5.41, 5.74) is 4.03. The molecular formula is C22H26Cl2N2O3S. The maximum Gasteiger partial charge on any atom is 0.241 e. The van der Waals surface area contributed by atoms with Crippen molar-refractivity contribution in [1.82, 2.24) is 5.32 Å². The summed E-state index contributed by atoms with van der Waals surface area (Å²) in [5.74, 6) is -0.388. The first kappa shape index (κ1) is 22.9. The maximum atomic E-state index is 12.8. The molecule has 1 atom stereocenters. The van der Waals surface area contributed by atoms with Crippen molar-refractivity contribution in [1.29, 1.82) is 0 Å². The Morgan fingerprint density at radius 1 is 1.07 bits per heavy atom. The van der Waals surface area contributed by atoms with Crippen molar-refractivity contribution in [2.45, 2.75) is 45.1 Å². The monoisotopic (exact) mass is 468 g/mol. The van der Waals surface area contributed by atoms with Gasteiger partial charge in [0.2, 0.25) is 15.9 Å². The number of hydrogen-bond donors (Lipinski definition) is 1. The zero-order valence-corrected chi connectivity index (χ0v) is 19.4. The van der Waals surface area contributed by atoms with E-state index in [1.165, 1.54) is 42.2 Å². The van der Waals surface area contributed by atoms with Crippen LogP contribution in [0.2, 0.25) is 10.0 Å². The molecule has 0 saturated carbocycles. The van der Waals surface area contributed by atoms with Crippen LogP contribution >= 0.6 is 23.2 Å². The van der Waals surface area contributed by atoms with Crippen LogP contribution in [-0.4, -0.2) is 27.1 Å². The number of benzene rings is 2. The second-order valence-electron chi connectivity index (χ2n) is 7.66. The molecular weight excluding hydrogens is 443 g/mol. The summed E-state index contributed by atoms with van der Waals surface area (Å²) in [5, 5.41) is 3.58. The molecule has 0 spiro atoms. The Balaban J connectivity index is 1.78. The molecule has 0 bridgehead atoms. The molecule has 8 heteroatoms. The molecule has 5 nitrogen and oxygen atoms in total. The van der Waals surface area contributed by atoms with Crippen molar-refractivity contribution >= 4 is 44.8 Å². The van der Waals surface area contributed by atoms with Crippen LogP contribution in [0.5, 0.6) is 0 Å². The van der Waals surface area contributed by atoms with Crippen molar-refractivity contribution in [3.63, 3.8) is 0 Å². The summed E-state index contributed by atoms with van der Waals surface area (Å²) in [6.45, 7) is 1.65. The Morgan fingerprint density at radius 2 is 1.70 bits per heavy atom. The van der Waals surface area contributed by atoms with E-state index in [0.29, 0.717) is 16.5 Å². The van der Waals surface area contributed by atoms with Gasteiger partial charge in [0.25, 0.3) is 0 Å². The van der Waals surface area contributed by atoms with E-state index in [1.54, 1.807) is 0 Å². The van der Waals surface area contributed by atoms with Gasteiger partial charge in [0.1, 0.15) is 6.54 Å². The van der Waals surface area contributed by atoms with E-state index in [9.17, 15) is 13.2 Å². The van der Waals surface area contributed by atoms with Crippen LogP contribution < -0.4 is 9.62 Å². The predicted molar refractivity (Wildman–Crippen MR) is 123 cm³/mol. The smallest absolute Gasteiger partial charge is 0.241 e. The summed E-state index contributed by atoms with van der Waals surface area (Å²) in [6.07, 6.45) is 6.32. The molecule has 0 fully saturated rings. The minimum atomic E-state index is -3.71. The number of carbonyl (C=O) groups excluding carboxylic acids is 1. The molecule has 0 aromatic heterocycles. The first-order valence-electron chi connectivity index (χ1n) is 10.0. The number of sulfonamides is 1. The van der Waals surface area contributed by atoms with Crippen LogP contribution in [0.1, 0.15) is 48.9 Å². The molecule has 0 saturated heterocycles. The lowest BCUT2D eigenvalue weighted by Crippen LogP contribution is -2.41. The van der Waals surface area contributed by atoms with Crippen LogP contribution in [0.4, 0.5) is 5.69 Å². The van der Waals surface area contributed by atoms with E-state index in [4.69, 9.17) is 23.2 Å². The Bertz CT molecular complexity index is 1020. The fraction of sp³-hybridized carbons (Fsp3) is 0.409. The SMILES string of the molecule is CC[C@H](NC(=O)CN(c1cc(Cl)cc(Cl)c1)S(C)(=O)=O)c1ccc2c(c1)CCCC2. The lowest BCUT2D eigenvalue weighted by atomic mass is 9.89. The van der Waals surface area contributed by atoms with E-state index >= 15 is 0 Å². The number of hydrogen-bond acceptors (Lipinski definition) is 3. The average Bonchev–Trinajstić information content (AvgIpc) is 2.68. The molecule has 0 unspecified atom stereocenters. The van der Waals surface area contributed by atoms with E-state index in [-0.39, 0.29) is 24.2 Å². The Morgan fingerprint density at radius 3 is 2.30 bits per heavy atom. The van der Waals surface area contributed by atoms with Gasteiger partial charge in [-0.25, -0.2) is 8.42 Å². The van der Waals surface area contributed by atoms with Crippen LogP contribution in [0.25, 0.3) is 0 Å². The van der Waals surface area contributed by atoms with E-state index in [2.05, 4.69) is 23.5 Å². The highest BCUT2D eigenvalue weighted by Gasteiger charge is 2.23. The normalized spacial score (nSPS) is 14.7. The highest BCUT2D eigenvalue weighted by Crippen LogP contribution is 2.28. The number of nitrogens with one attached hydrogen (secondary N) is 1. The number of nitrogens with zero attached hydrogens (tertiary/aromatic N) is 1. The quantitative estimate of drug-likeness (QED) is 0.627. The van der Waals surface area contributed by atoms with Gasteiger partial charge in [0.15, 0.2) is 0 Å². The molecule has 1 aliphatic rings. The highest BCUT2D eigenvalue weighted by molar-refractivity contribution is 7.92. The molecule has 30 heavy (non-hydrogen) atoms. The molecule has 1 N–H and O–H groups in total. The highest BCUT2D eigenvalue weighted by atomic mass is 35.5. The number of rotatable bonds is 7. The summed E-state index contributed by atoms with van der Waals surface area (Å²) in [4.78, 5) is 12.8. The summed E-state index contributed by atoms with van der Waals surface area (Å²) in [7, 11) is -3.71. The first-order valence-corrected chi connectivity index (χ1v) is 12.6. The van der Waals surface area contributed by atoms with Crippen molar-refractivity contribution in [2.75, 3.05) is 17.1 Å². The number of carbonyl (C=O) groups is 1. The van der Waals surface area contributed by atoms with Gasteiger partial charge in [-0.05, 0) is 67.0 Å². The molecule has 1 aliphatic carbocycles. The van der Waals surface area contributed by atoms with E-state index < -0.39 is 10.0 Å². The van der Waals surface area contributed by atoms with Gasteiger partial charge in [-0.15, -0.1) is 0 Å². The molecule has 0 radical (unpaired) electrons. The standard InChI is InChI=1S/C22H26Cl2N2O3S/c1-3-21(17-9-8-15-6-4-5-7-16(15)10-17)25-22(27)14-26(30(2,28)29)20-12-18(23)11-19(24)13-20/h8-13,21H,3-7,14H2,1-2H3,(H,25,27)/t21-/m0/s1. The van der Waals surface area contributed by atoms with Crippen LogP contribution in [-0.2, 0) is 27.7 Å². The maximum absolute atomic E-state index is 12.8. The first-order chi connectivity index (χ1) is 14.2. The third-order valence-corrected chi connectivity index (χ3v) is 6.92. The van der Waals surface area contributed by atoms with E-state index in [1.807, 2.05) is 6.92 Å². The zero-order chi connectivity index (χ0) is 21.9. The molecule has 162 valence electrons. The fourth-order valence-electron chi connectivity index (χ4n) is 3.84. The lowest BCUT2D eigenvalue weighted by Gasteiger charge is -2.25. The van der Waals surface area contributed by atoms with E-state index in [0.717, 1.165) is 29.0 Å². The van der Waals surface area contributed by atoms with Gasteiger partial charge in [-0.2, -0.15) is 0 Å². The Labute approximate surface area is 188 Å². The van der Waals surface area contributed by atoms with Crippen LogP contribution in [0.15, 0.2) is 36.4 Å². The Kier molecular flexibility index (Phi) is 7.32. The van der Waals surface area contributed by atoms with Gasteiger partial charge in [0, 0.05) is 10.0 Å². The molecule has 0 heterocycles. The summed E-state index contributed by atoms with van der Waals surface area (Å²) < 4.78 is 25.7. The molecule has 2 aromatic carbocycles. The number of amides is 1. The zero-order valence-electron chi connectivity index (χ0n) is 17.1. The third kappa shape index (κ3) is 5.68. The van der Waals surface area contributed by atoms with Crippen molar-refractivity contribution in [2.24, 2.45) is 0 Å². The van der Waals surface area contributed by atoms with Crippen molar-refractivity contribution in [3.8, 4) is 0 Å².